The molecule has 1 N–H and O–H groups in total. The van der Waals surface area contributed by atoms with Crippen molar-refractivity contribution in [3.8, 4) is 11.4 Å². The van der Waals surface area contributed by atoms with Crippen LogP contribution in [0.25, 0.3) is 22.3 Å². The maximum absolute atomic E-state index is 13.0. The van der Waals surface area contributed by atoms with Gasteiger partial charge in [0, 0.05) is 9.13 Å². The number of ether oxygens (including phenoxy) is 1. The number of carbonyl (C=O) groups excluding carboxylic acids is 1. The predicted molar refractivity (Wildman–Crippen MR) is 105 cm³/mol. The van der Waals surface area contributed by atoms with Gasteiger partial charge in [-0.25, -0.2) is 9.66 Å². The van der Waals surface area contributed by atoms with Crippen LogP contribution in [-0.4, -0.2) is 28.8 Å². The zero-order valence-electron chi connectivity index (χ0n) is 13.5. The number of fused-ring (bicyclic) bond motifs is 1. The molecule has 0 atom stereocenters. The topological polar surface area (TPSA) is 73.2 Å². The third kappa shape index (κ3) is 3.81. The molecule has 7 heteroatoms. The van der Waals surface area contributed by atoms with Crippen molar-refractivity contribution in [3.05, 3.63) is 62.5 Å². The molecule has 0 spiro atoms. The smallest absolute Gasteiger partial charge is 0.326 e. The van der Waals surface area contributed by atoms with E-state index in [1.165, 1.54) is 4.68 Å². The molecule has 0 aliphatic carbocycles. The normalized spacial score (nSPS) is 10.6. The molecule has 128 valence electrons. The molecule has 3 aromatic rings. The van der Waals surface area contributed by atoms with Gasteiger partial charge < -0.3 is 10.2 Å². The minimum atomic E-state index is -0.434. The van der Waals surface area contributed by atoms with Crippen LogP contribution in [-0.2, 0) is 9.53 Å². The van der Waals surface area contributed by atoms with E-state index in [1.807, 2.05) is 42.5 Å². The number of esters is 1. The van der Waals surface area contributed by atoms with Crippen LogP contribution >= 0.6 is 22.6 Å². The lowest BCUT2D eigenvalue weighted by atomic mass is 10.2. The number of halogens is 1. The number of aromatic nitrogens is 2. The standard InChI is InChI=1S/C18H16IN3O3/c1-2-25-16(23)11-20-22-17(12-6-4-3-5-7-12)21-15-9-8-13(19)10-14(15)18(22)24/h3-10,20H,2,11H2,1H3. The highest BCUT2D eigenvalue weighted by atomic mass is 127. The molecule has 2 aromatic carbocycles. The molecule has 1 aromatic heterocycles. The largest absolute Gasteiger partial charge is 0.465 e. The van der Waals surface area contributed by atoms with Gasteiger partial charge in [-0.2, -0.15) is 0 Å². The van der Waals surface area contributed by atoms with Crippen LogP contribution in [0.2, 0.25) is 0 Å². The van der Waals surface area contributed by atoms with Crippen molar-refractivity contribution in [3.63, 3.8) is 0 Å². The Kier molecular flexibility index (Phi) is 5.32. The molecule has 3 rings (SSSR count). The van der Waals surface area contributed by atoms with Crippen LogP contribution in [0.5, 0.6) is 0 Å². The van der Waals surface area contributed by atoms with E-state index in [0.717, 1.165) is 9.13 Å². The first kappa shape index (κ1) is 17.4. The molecule has 1 heterocycles. The number of hydrogen-bond donors (Lipinski definition) is 1. The summed E-state index contributed by atoms with van der Waals surface area (Å²) in [6.45, 7) is 1.90. The molecule has 0 radical (unpaired) electrons. The Morgan fingerprint density at radius 3 is 2.72 bits per heavy atom. The predicted octanol–water partition coefficient (Wildman–Crippen LogP) is 2.77. The average molecular weight is 449 g/mol. The zero-order chi connectivity index (χ0) is 17.8. The highest BCUT2D eigenvalue weighted by Gasteiger charge is 2.14. The summed E-state index contributed by atoms with van der Waals surface area (Å²) < 4.78 is 7.17. The Morgan fingerprint density at radius 1 is 1.24 bits per heavy atom. The molecule has 0 saturated heterocycles. The maximum Gasteiger partial charge on any atom is 0.326 e. The molecule has 0 saturated carbocycles. The molecule has 0 aliphatic rings. The molecule has 0 amide bonds. The third-order valence-corrected chi connectivity index (χ3v) is 4.22. The van der Waals surface area contributed by atoms with Gasteiger partial charge in [0.25, 0.3) is 5.56 Å². The Bertz CT molecular complexity index is 970. The van der Waals surface area contributed by atoms with Gasteiger partial charge in [0.2, 0.25) is 0 Å². The van der Waals surface area contributed by atoms with Crippen LogP contribution < -0.4 is 11.0 Å². The van der Waals surface area contributed by atoms with Gasteiger partial charge in [0.1, 0.15) is 6.54 Å². The summed E-state index contributed by atoms with van der Waals surface area (Å²) in [6, 6.07) is 14.9. The summed E-state index contributed by atoms with van der Waals surface area (Å²) in [5.41, 5.74) is 3.97. The molecule has 0 aliphatic heterocycles. The second-order valence-corrected chi connectivity index (χ2v) is 6.49. The second-order valence-electron chi connectivity index (χ2n) is 5.24. The fraction of sp³-hybridized carbons (Fsp3) is 0.167. The summed E-state index contributed by atoms with van der Waals surface area (Å²) >= 11 is 2.15. The Labute approximate surface area is 157 Å². The summed E-state index contributed by atoms with van der Waals surface area (Å²) in [5, 5.41) is 0.489. The minimum absolute atomic E-state index is 0.120. The number of benzene rings is 2. The molecule has 6 nitrogen and oxygen atoms in total. The number of hydrogen-bond acceptors (Lipinski definition) is 5. The van der Waals surface area contributed by atoms with Crippen molar-refractivity contribution in [1.29, 1.82) is 0 Å². The van der Waals surface area contributed by atoms with Gasteiger partial charge in [-0.15, -0.1) is 0 Å². The van der Waals surface area contributed by atoms with Crippen molar-refractivity contribution in [1.82, 2.24) is 9.66 Å². The molecule has 0 bridgehead atoms. The molecule has 25 heavy (non-hydrogen) atoms. The summed E-state index contributed by atoms with van der Waals surface area (Å²) in [5.74, 6) is 0.0137. The molecular formula is C18H16IN3O3. The van der Waals surface area contributed by atoms with E-state index < -0.39 is 5.97 Å². The van der Waals surface area contributed by atoms with Gasteiger partial charge >= 0.3 is 5.97 Å². The van der Waals surface area contributed by atoms with Crippen molar-refractivity contribution in [2.24, 2.45) is 0 Å². The van der Waals surface area contributed by atoms with Gasteiger partial charge in [-0.05, 0) is 47.7 Å². The lowest BCUT2D eigenvalue weighted by Gasteiger charge is -2.15. The molecule has 0 unspecified atom stereocenters. The van der Waals surface area contributed by atoms with Crippen molar-refractivity contribution >= 4 is 39.5 Å². The first-order valence-corrected chi connectivity index (χ1v) is 8.85. The molecule has 0 fully saturated rings. The van der Waals surface area contributed by atoms with E-state index in [0.29, 0.717) is 16.7 Å². The molecular weight excluding hydrogens is 433 g/mol. The van der Waals surface area contributed by atoms with Gasteiger partial charge in [-0.3, -0.25) is 9.59 Å². The second kappa shape index (κ2) is 7.64. The van der Waals surface area contributed by atoms with Crippen molar-refractivity contribution in [2.45, 2.75) is 6.92 Å². The van der Waals surface area contributed by atoms with Crippen LogP contribution in [0.3, 0.4) is 0 Å². The quantitative estimate of drug-likeness (QED) is 0.479. The van der Waals surface area contributed by atoms with E-state index in [1.54, 1.807) is 13.0 Å². The maximum atomic E-state index is 13.0. The van der Waals surface area contributed by atoms with Gasteiger partial charge in [0.05, 0.1) is 17.5 Å². The van der Waals surface area contributed by atoms with Gasteiger partial charge in [-0.1, -0.05) is 30.3 Å². The van der Waals surface area contributed by atoms with Gasteiger partial charge in [0.15, 0.2) is 5.82 Å². The number of nitrogens with zero attached hydrogens (tertiary/aromatic N) is 2. The van der Waals surface area contributed by atoms with Crippen LogP contribution in [0.4, 0.5) is 0 Å². The van der Waals surface area contributed by atoms with E-state index in [-0.39, 0.29) is 18.7 Å². The third-order valence-electron chi connectivity index (χ3n) is 3.55. The van der Waals surface area contributed by atoms with Crippen LogP contribution in [0, 0.1) is 3.57 Å². The summed E-state index contributed by atoms with van der Waals surface area (Å²) in [7, 11) is 0. The summed E-state index contributed by atoms with van der Waals surface area (Å²) in [4.78, 5) is 29.2. The highest BCUT2D eigenvalue weighted by molar-refractivity contribution is 14.1. The van der Waals surface area contributed by atoms with Crippen molar-refractivity contribution in [2.75, 3.05) is 18.6 Å². The zero-order valence-corrected chi connectivity index (χ0v) is 15.7. The Balaban J connectivity index is 2.14. The van der Waals surface area contributed by atoms with E-state index in [4.69, 9.17) is 4.74 Å². The van der Waals surface area contributed by atoms with Crippen LogP contribution in [0.15, 0.2) is 53.3 Å². The number of nitrogens with one attached hydrogen (secondary N) is 1. The van der Waals surface area contributed by atoms with E-state index in [2.05, 4.69) is 33.0 Å². The highest BCUT2D eigenvalue weighted by Crippen LogP contribution is 2.19. The first-order chi connectivity index (χ1) is 12.1. The fourth-order valence-electron chi connectivity index (χ4n) is 2.44. The first-order valence-electron chi connectivity index (χ1n) is 7.77. The average Bonchev–Trinajstić information content (AvgIpc) is 2.62. The van der Waals surface area contributed by atoms with E-state index in [9.17, 15) is 9.59 Å². The number of carbonyl (C=O) groups is 1. The van der Waals surface area contributed by atoms with E-state index >= 15 is 0 Å². The van der Waals surface area contributed by atoms with Crippen LogP contribution in [0.1, 0.15) is 6.92 Å². The van der Waals surface area contributed by atoms with Crippen molar-refractivity contribution < 1.29 is 9.53 Å². The Hall–Kier alpha value is -2.42. The number of rotatable bonds is 5. The lowest BCUT2D eigenvalue weighted by molar-refractivity contribution is -0.141. The SMILES string of the molecule is CCOC(=O)CNn1c(-c2ccccc2)nc2ccc(I)cc2c1=O. The fourth-order valence-corrected chi connectivity index (χ4v) is 2.93. The monoisotopic (exact) mass is 449 g/mol. The lowest BCUT2D eigenvalue weighted by Crippen LogP contribution is -2.35. The Morgan fingerprint density at radius 2 is 2.00 bits per heavy atom. The minimum Gasteiger partial charge on any atom is -0.465 e. The summed E-state index contributed by atoms with van der Waals surface area (Å²) in [6.07, 6.45) is 0.